The van der Waals surface area contributed by atoms with E-state index in [2.05, 4.69) is 22.5 Å². The summed E-state index contributed by atoms with van der Waals surface area (Å²) in [6, 6.07) is 0. The minimum Gasteiger partial charge on any atom is -0.382 e. The average Bonchev–Trinajstić information content (AvgIpc) is 2.42. The van der Waals surface area contributed by atoms with Gasteiger partial charge in [0.15, 0.2) is 5.96 Å². The molecule has 0 amide bonds. The zero-order valence-electron chi connectivity index (χ0n) is 12.8. The summed E-state index contributed by atoms with van der Waals surface area (Å²) in [5.74, 6) is 0.899. The van der Waals surface area contributed by atoms with Gasteiger partial charge in [-0.15, -0.1) is 0 Å². The highest BCUT2D eigenvalue weighted by atomic mass is 16.5. The zero-order chi connectivity index (χ0) is 14.2. The number of aliphatic imine (C=N–C) groups is 1. The Balaban J connectivity index is 3.62. The van der Waals surface area contributed by atoms with Crippen LogP contribution in [-0.2, 0) is 9.47 Å². The van der Waals surface area contributed by atoms with E-state index in [1.165, 1.54) is 0 Å². The fourth-order valence-corrected chi connectivity index (χ4v) is 1.52. The maximum atomic E-state index is 5.30. The van der Waals surface area contributed by atoms with Gasteiger partial charge in [0.25, 0.3) is 0 Å². The standard InChI is InChI=1S/C14H31N3O2/c1-4-15-14(17-11-9-13-19-6-3)16-10-7-8-12-18-5-2/h4-13H2,1-3H3,(H2,15,16,17). The molecule has 0 rings (SSSR count). The van der Waals surface area contributed by atoms with Crippen LogP contribution in [0.15, 0.2) is 4.99 Å². The summed E-state index contributed by atoms with van der Waals surface area (Å²) in [6.45, 7) is 11.9. The summed E-state index contributed by atoms with van der Waals surface area (Å²) in [5.41, 5.74) is 0. The second kappa shape index (κ2) is 15.2. The van der Waals surface area contributed by atoms with Gasteiger partial charge in [-0.2, -0.15) is 0 Å². The van der Waals surface area contributed by atoms with Crippen LogP contribution < -0.4 is 10.6 Å². The number of hydrogen-bond donors (Lipinski definition) is 2. The van der Waals surface area contributed by atoms with E-state index < -0.39 is 0 Å². The van der Waals surface area contributed by atoms with E-state index in [4.69, 9.17) is 9.47 Å². The first-order valence-corrected chi connectivity index (χ1v) is 7.52. The van der Waals surface area contributed by atoms with Crippen molar-refractivity contribution in [3.05, 3.63) is 0 Å². The Labute approximate surface area is 118 Å². The van der Waals surface area contributed by atoms with Gasteiger partial charge in [0.2, 0.25) is 0 Å². The van der Waals surface area contributed by atoms with Crippen molar-refractivity contribution >= 4 is 5.96 Å². The average molecular weight is 273 g/mol. The van der Waals surface area contributed by atoms with Crippen LogP contribution in [0.1, 0.15) is 40.0 Å². The van der Waals surface area contributed by atoms with Gasteiger partial charge in [-0.25, -0.2) is 0 Å². The van der Waals surface area contributed by atoms with Crippen molar-refractivity contribution < 1.29 is 9.47 Å². The lowest BCUT2D eigenvalue weighted by Crippen LogP contribution is -2.38. The predicted octanol–water partition coefficient (Wildman–Crippen LogP) is 1.78. The lowest BCUT2D eigenvalue weighted by molar-refractivity contribution is 0.143. The van der Waals surface area contributed by atoms with Gasteiger partial charge in [-0.3, -0.25) is 4.99 Å². The quantitative estimate of drug-likeness (QED) is 0.323. The Bertz CT molecular complexity index is 211. The number of ether oxygens (including phenoxy) is 2. The molecule has 19 heavy (non-hydrogen) atoms. The summed E-state index contributed by atoms with van der Waals surface area (Å²) >= 11 is 0. The van der Waals surface area contributed by atoms with Crippen LogP contribution >= 0.6 is 0 Å². The first kappa shape index (κ1) is 18.2. The minimum absolute atomic E-state index is 0.780. The van der Waals surface area contributed by atoms with E-state index in [0.29, 0.717) is 0 Å². The number of hydrogen-bond acceptors (Lipinski definition) is 3. The molecule has 0 aromatic carbocycles. The van der Waals surface area contributed by atoms with Crippen LogP contribution in [0.2, 0.25) is 0 Å². The largest absolute Gasteiger partial charge is 0.382 e. The lowest BCUT2D eigenvalue weighted by Gasteiger charge is -2.11. The molecule has 0 aliphatic heterocycles. The Kier molecular flexibility index (Phi) is 14.6. The Morgan fingerprint density at radius 1 is 0.895 bits per heavy atom. The van der Waals surface area contributed by atoms with Crippen LogP contribution in [0.25, 0.3) is 0 Å². The van der Waals surface area contributed by atoms with Gasteiger partial charge in [0.05, 0.1) is 0 Å². The third-order valence-electron chi connectivity index (χ3n) is 2.48. The molecule has 0 spiro atoms. The fourth-order valence-electron chi connectivity index (χ4n) is 1.52. The molecule has 0 aromatic rings. The number of rotatable bonds is 12. The molecule has 0 saturated heterocycles. The smallest absolute Gasteiger partial charge is 0.191 e. The highest BCUT2D eigenvalue weighted by Crippen LogP contribution is 1.89. The van der Waals surface area contributed by atoms with Gasteiger partial charge >= 0.3 is 0 Å². The number of nitrogens with zero attached hydrogens (tertiary/aromatic N) is 1. The summed E-state index contributed by atoms with van der Waals surface area (Å²) in [6.07, 6.45) is 3.16. The Morgan fingerprint density at radius 3 is 2.21 bits per heavy atom. The third-order valence-corrected chi connectivity index (χ3v) is 2.48. The molecule has 0 fully saturated rings. The molecular weight excluding hydrogens is 242 g/mol. The van der Waals surface area contributed by atoms with Crippen molar-refractivity contribution in [1.82, 2.24) is 10.6 Å². The number of unbranched alkanes of at least 4 members (excludes halogenated alkanes) is 1. The van der Waals surface area contributed by atoms with E-state index in [9.17, 15) is 0 Å². The molecule has 0 radical (unpaired) electrons. The molecule has 0 aliphatic rings. The summed E-state index contributed by atoms with van der Waals surface area (Å²) in [4.78, 5) is 4.50. The molecule has 5 nitrogen and oxygen atoms in total. The van der Waals surface area contributed by atoms with Crippen molar-refractivity contribution in [1.29, 1.82) is 0 Å². The molecule has 5 heteroatoms. The van der Waals surface area contributed by atoms with E-state index in [0.717, 1.165) is 71.3 Å². The van der Waals surface area contributed by atoms with E-state index >= 15 is 0 Å². The van der Waals surface area contributed by atoms with Crippen LogP contribution in [0.5, 0.6) is 0 Å². The molecule has 2 N–H and O–H groups in total. The van der Waals surface area contributed by atoms with E-state index in [1.807, 2.05) is 13.8 Å². The molecule has 0 unspecified atom stereocenters. The zero-order valence-corrected chi connectivity index (χ0v) is 12.8. The first-order chi connectivity index (χ1) is 9.35. The summed E-state index contributed by atoms with van der Waals surface area (Å²) in [5, 5.41) is 6.57. The minimum atomic E-state index is 0.780. The molecule has 0 atom stereocenters. The van der Waals surface area contributed by atoms with Gasteiger partial charge in [0, 0.05) is 46.1 Å². The SMILES string of the molecule is CCNC(=NCCCOCC)NCCCCOCC. The maximum absolute atomic E-state index is 5.30. The Morgan fingerprint density at radius 2 is 1.58 bits per heavy atom. The highest BCUT2D eigenvalue weighted by molar-refractivity contribution is 5.79. The second-order valence-corrected chi connectivity index (χ2v) is 4.14. The van der Waals surface area contributed by atoms with Gasteiger partial charge < -0.3 is 20.1 Å². The van der Waals surface area contributed by atoms with Crippen LogP contribution in [0.3, 0.4) is 0 Å². The second-order valence-electron chi connectivity index (χ2n) is 4.14. The number of guanidine groups is 1. The molecule has 0 bridgehead atoms. The fraction of sp³-hybridized carbons (Fsp3) is 0.929. The van der Waals surface area contributed by atoms with Crippen LogP contribution in [-0.4, -0.2) is 52.0 Å². The van der Waals surface area contributed by atoms with Crippen LogP contribution in [0.4, 0.5) is 0 Å². The predicted molar refractivity (Wildman–Crippen MR) is 80.8 cm³/mol. The third kappa shape index (κ3) is 13.4. The van der Waals surface area contributed by atoms with Crippen molar-refractivity contribution in [2.24, 2.45) is 4.99 Å². The van der Waals surface area contributed by atoms with Gasteiger partial charge in [0.1, 0.15) is 0 Å². The molecule has 0 aliphatic carbocycles. The molecular formula is C14H31N3O2. The number of nitrogens with one attached hydrogen (secondary N) is 2. The van der Waals surface area contributed by atoms with Crippen LogP contribution in [0, 0.1) is 0 Å². The van der Waals surface area contributed by atoms with Gasteiger partial charge in [-0.05, 0) is 40.0 Å². The maximum Gasteiger partial charge on any atom is 0.191 e. The van der Waals surface area contributed by atoms with Crippen molar-refractivity contribution in [3.63, 3.8) is 0 Å². The molecule has 0 saturated carbocycles. The van der Waals surface area contributed by atoms with E-state index in [1.54, 1.807) is 0 Å². The first-order valence-electron chi connectivity index (χ1n) is 7.52. The summed E-state index contributed by atoms with van der Waals surface area (Å²) in [7, 11) is 0. The van der Waals surface area contributed by atoms with Crippen molar-refractivity contribution in [3.8, 4) is 0 Å². The Hall–Kier alpha value is -0.810. The topological polar surface area (TPSA) is 54.9 Å². The molecule has 0 heterocycles. The van der Waals surface area contributed by atoms with Crippen molar-refractivity contribution in [2.75, 3.05) is 46.1 Å². The molecule has 0 aromatic heterocycles. The normalized spacial score (nSPS) is 11.6. The molecule has 114 valence electrons. The summed E-state index contributed by atoms with van der Waals surface area (Å²) < 4.78 is 10.6. The monoisotopic (exact) mass is 273 g/mol. The van der Waals surface area contributed by atoms with Gasteiger partial charge in [-0.1, -0.05) is 0 Å². The lowest BCUT2D eigenvalue weighted by atomic mass is 10.3. The highest BCUT2D eigenvalue weighted by Gasteiger charge is 1.96. The van der Waals surface area contributed by atoms with E-state index in [-0.39, 0.29) is 0 Å². The van der Waals surface area contributed by atoms with Crippen molar-refractivity contribution in [2.45, 2.75) is 40.0 Å².